The molecule has 0 aliphatic carbocycles. The number of benzene rings is 1. The van der Waals surface area contributed by atoms with Crippen LogP contribution in [0.25, 0.3) is 0 Å². The molecule has 0 saturated heterocycles. The van der Waals surface area contributed by atoms with Crippen molar-refractivity contribution < 1.29 is 14.6 Å². The van der Waals surface area contributed by atoms with Crippen LogP contribution in [0.3, 0.4) is 0 Å². The Labute approximate surface area is 88.2 Å². The van der Waals surface area contributed by atoms with Crippen molar-refractivity contribution in [3.05, 3.63) is 17.2 Å². The van der Waals surface area contributed by atoms with Crippen LogP contribution in [0.2, 0.25) is 5.02 Å². The van der Waals surface area contributed by atoms with Gasteiger partial charge in [0.15, 0.2) is 11.5 Å². The van der Waals surface area contributed by atoms with E-state index < -0.39 is 0 Å². The minimum atomic E-state index is -0.0836. The van der Waals surface area contributed by atoms with Crippen molar-refractivity contribution in [2.24, 2.45) is 0 Å². The second-order valence-corrected chi connectivity index (χ2v) is 3.50. The van der Waals surface area contributed by atoms with Crippen molar-refractivity contribution in [3.63, 3.8) is 0 Å². The summed E-state index contributed by atoms with van der Waals surface area (Å²) in [4.78, 5) is 0. The molecule has 1 aromatic rings. The van der Waals surface area contributed by atoms with Gasteiger partial charge in [-0.3, -0.25) is 0 Å². The van der Waals surface area contributed by atoms with Crippen molar-refractivity contribution in [3.8, 4) is 17.2 Å². The van der Waals surface area contributed by atoms with Gasteiger partial charge in [0.1, 0.15) is 0 Å². The minimum absolute atomic E-state index is 0.0479. The molecule has 3 nitrogen and oxygen atoms in total. The zero-order valence-corrected chi connectivity index (χ0v) is 9.13. The molecule has 1 rings (SSSR count). The van der Waals surface area contributed by atoms with Gasteiger partial charge in [-0.15, -0.1) is 0 Å². The maximum atomic E-state index is 9.62. The minimum Gasteiger partial charge on any atom is -0.503 e. The first kappa shape index (κ1) is 11.0. The van der Waals surface area contributed by atoms with Gasteiger partial charge in [0.05, 0.1) is 18.2 Å². The number of methoxy groups -OCH3 is 1. The Morgan fingerprint density at radius 1 is 1.36 bits per heavy atom. The predicted molar refractivity (Wildman–Crippen MR) is 55.4 cm³/mol. The quantitative estimate of drug-likeness (QED) is 0.845. The van der Waals surface area contributed by atoms with Crippen molar-refractivity contribution >= 4 is 11.6 Å². The van der Waals surface area contributed by atoms with Gasteiger partial charge < -0.3 is 14.6 Å². The van der Waals surface area contributed by atoms with Gasteiger partial charge in [0.2, 0.25) is 5.75 Å². The third-order valence-electron chi connectivity index (χ3n) is 1.62. The standard InChI is InChI=1S/C10H13ClO3/c1-6(2)14-10-8(13-3)5-4-7(11)9(10)12/h4-6,12H,1-3H3. The molecule has 0 aromatic heterocycles. The molecule has 78 valence electrons. The fourth-order valence-corrected chi connectivity index (χ4v) is 1.19. The van der Waals surface area contributed by atoms with Crippen LogP contribution < -0.4 is 9.47 Å². The molecule has 0 spiro atoms. The molecule has 0 amide bonds. The highest BCUT2D eigenvalue weighted by atomic mass is 35.5. The summed E-state index contributed by atoms with van der Waals surface area (Å²) in [5.41, 5.74) is 0. The molecule has 0 aliphatic heterocycles. The predicted octanol–water partition coefficient (Wildman–Crippen LogP) is 2.84. The number of hydrogen-bond donors (Lipinski definition) is 1. The molecule has 4 heteroatoms. The Morgan fingerprint density at radius 2 is 2.00 bits per heavy atom. The zero-order valence-electron chi connectivity index (χ0n) is 8.37. The average molecular weight is 217 g/mol. The maximum absolute atomic E-state index is 9.62. The van der Waals surface area contributed by atoms with E-state index in [1.54, 1.807) is 12.1 Å². The number of aromatic hydroxyl groups is 1. The molecule has 0 bridgehead atoms. The lowest BCUT2D eigenvalue weighted by atomic mass is 10.3. The molecular weight excluding hydrogens is 204 g/mol. The van der Waals surface area contributed by atoms with Crippen LogP contribution in [0.5, 0.6) is 17.2 Å². The van der Waals surface area contributed by atoms with Gasteiger partial charge in [-0.1, -0.05) is 11.6 Å². The van der Waals surface area contributed by atoms with E-state index in [2.05, 4.69) is 0 Å². The van der Waals surface area contributed by atoms with Crippen LogP contribution in [-0.4, -0.2) is 18.3 Å². The first-order valence-electron chi connectivity index (χ1n) is 4.28. The van der Waals surface area contributed by atoms with Gasteiger partial charge in [-0.2, -0.15) is 0 Å². The highest BCUT2D eigenvalue weighted by Crippen LogP contribution is 2.41. The lowest BCUT2D eigenvalue weighted by Crippen LogP contribution is -2.06. The second kappa shape index (κ2) is 4.42. The normalized spacial score (nSPS) is 10.4. The maximum Gasteiger partial charge on any atom is 0.205 e. The zero-order chi connectivity index (χ0) is 10.7. The average Bonchev–Trinajstić information content (AvgIpc) is 2.13. The van der Waals surface area contributed by atoms with E-state index in [1.807, 2.05) is 13.8 Å². The van der Waals surface area contributed by atoms with E-state index in [0.29, 0.717) is 5.75 Å². The largest absolute Gasteiger partial charge is 0.503 e. The molecule has 14 heavy (non-hydrogen) atoms. The van der Waals surface area contributed by atoms with Crippen LogP contribution in [0.1, 0.15) is 13.8 Å². The SMILES string of the molecule is COc1ccc(Cl)c(O)c1OC(C)C. The first-order valence-corrected chi connectivity index (χ1v) is 4.66. The Hall–Kier alpha value is -1.09. The lowest BCUT2D eigenvalue weighted by molar-refractivity contribution is 0.220. The van der Waals surface area contributed by atoms with E-state index in [-0.39, 0.29) is 22.6 Å². The van der Waals surface area contributed by atoms with E-state index in [1.165, 1.54) is 7.11 Å². The summed E-state index contributed by atoms with van der Waals surface area (Å²) in [6.07, 6.45) is -0.0479. The molecule has 0 heterocycles. The van der Waals surface area contributed by atoms with Crippen LogP contribution in [0, 0.1) is 0 Å². The van der Waals surface area contributed by atoms with Crippen molar-refractivity contribution in [1.29, 1.82) is 0 Å². The van der Waals surface area contributed by atoms with Gasteiger partial charge in [-0.25, -0.2) is 0 Å². The van der Waals surface area contributed by atoms with Crippen LogP contribution >= 0.6 is 11.6 Å². The van der Waals surface area contributed by atoms with E-state index in [9.17, 15) is 5.11 Å². The smallest absolute Gasteiger partial charge is 0.205 e. The molecule has 0 aliphatic rings. The second-order valence-electron chi connectivity index (χ2n) is 3.09. The fraction of sp³-hybridized carbons (Fsp3) is 0.400. The van der Waals surface area contributed by atoms with Crippen LogP contribution in [0.4, 0.5) is 0 Å². The van der Waals surface area contributed by atoms with E-state index in [4.69, 9.17) is 21.1 Å². The number of hydrogen-bond acceptors (Lipinski definition) is 3. The summed E-state index contributed by atoms with van der Waals surface area (Å²) in [7, 11) is 1.51. The van der Waals surface area contributed by atoms with Crippen molar-refractivity contribution in [1.82, 2.24) is 0 Å². The summed E-state index contributed by atoms with van der Waals surface area (Å²) in [5, 5.41) is 9.87. The van der Waals surface area contributed by atoms with E-state index in [0.717, 1.165) is 0 Å². The summed E-state index contributed by atoms with van der Waals surface area (Å²) in [6.45, 7) is 3.72. The molecule has 0 saturated carbocycles. The van der Waals surface area contributed by atoms with Gasteiger partial charge in [0.25, 0.3) is 0 Å². The van der Waals surface area contributed by atoms with Crippen molar-refractivity contribution in [2.75, 3.05) is 7.11 Å². The van der Waals surface area contributed by atoms with Crippen molar-refractivity contribution in [2.45, 2.75) is 20.0 Å². The van der Waals surface area contributed by atoms with Crippen LogP contribution in [0.15, 0.2) is 12.1 Å². The summed E-state index contributed by atoms with van der Waals surface area (Å²) < 4.78 is 10.4. The van der Waals surface area contributed by atoms with Gasteiger partial charge in [-0.05, 0) is 26.0 Å². The topological polar surface area (TPSA) is 38.7 Å². The first-order chi connectivity index (χ1) is 6.56. The lowest BCUT2D eigenvalue weighted by Gasteiger charge is -2.15. The highest BCUT2D eigenvalue weighted by Gasteiger charge is 2.14. The fourth-order valence-electron chi connectivity index (χ4n) is 1.04. The molecule has 0 fully saturated rings. The third kappa shape index (κ3) is 2.23. The molecule has 1 N–H and O–H groups in total. The number of ether oxygens (including phenoxy) is 2. The molecule has 1 aromatic carbocycles. The Morgan fingerprint density at radius 3 is 2.50 bits per heavy atom. The molecule has 0 unspecified atom stereocenters. The number of rotatable bonds is 3. The molecular formula is C10H13ClO3. The number of phenols is 1. The Balaban J connectivity index is 3.14. The van der Waals surface area contributed by atoms with Gasteiger partial charge in [0, 0.05) is 0 Å². The summed E-state index contributed by atoms with van der Waals surface area (Å²) in [6, 6.07) is 3.21. The number of halogens is 1. The van der Waals surface area contributed by atoms with E-state index >= 15 is 0 Å². The third-order valence-corrected chi connectivity index (χ3v) is 1.92. The molecule has 0 atom stereocenters. The molecule has 0 radical (unpaired) electrons. The Kier molecular flexibility index (Phi) is 3.47. The van der Waals surface area contributed by atoms with Crippen LogP contribution in [-0.2, 0) is 0 Å². The monoisotopic (exact) mass is 216 g/mol. The highest BCUT2D eigenvalue weighted by molar-refractivity contribution is 6.32. The Bertz CT molecular complexity index is 323. The summed E-state index contributed by atoms with van der Waals surface area (Å²) >= 11 is 5.74. The van der Waals surface area contributed by atoms with Gasteiger partial charge >= 0.3 is 0 Å². The summed E-state index contributed by atoms with van der Waals surface area (Å²) in [5.74, 6) is 0.676. The number of phenolic OH excluding ortho intramolecular Hbond substituents is 1.